The maximum Gasteiger partial charge on any atom is 0.259 e. The second-order valence-electron chi connectivity index (χ2n) is 17.8. The number of phenolic OH excluding ortho intramolecular Hbond substituents is 2. The summed E-state index contributed by atoms with van der Waals surface area (Å²) in [6, 6.07) is 59.6. The Hall–Kier alpha value is -10.8. The van der Waals surface area contributed by atoms with Crippen LogP contribution in [0, 0.1) is 0 Å². The minimum absolute atomic E-state index is 0.00161. The number of carbonyl (C=O) groups is 4. The highest BCUT2D eigenvalue weighted by atomic mass is 16.5. The highest BCUT2D eigenvalue weighted by Crippen LogP contribution is 2.42. The number of hydrogen-bond acceptors (Lipinski definition) is 11. The first-order valence-electron chi connectivity index (χ1n) is 24.5. The zero-order valence-corrected chi connectivity index (χ0v) is 41.9. The summed E-state index contributed by atoms with van der Waals surface area (Å²) in [6.45, 7) is 0. The lowest BCUT2D eigenvalue weighted by Gasteiger charge is -2.16. The van der Waals surface area contributed by atoms with Gasteiger partial charge in [0.05, 0.1) is 25.3 Å². The van der Waals surface area contributed by atoms with Gasteiger partial charge >= 0.3 is 0 Å². The number of rotatable bonds is 16. The number of nitrogens with one attached hydrogen (secondary N) is 5. The van der Waals surface area contributed by atoms with Crippen LogP contribution in [0.2, 0.25) is 0 Å². The van der Waals surface area contributed by atoms with E-state index in [1.54, 1.807) is 133 Å². The number of aromatic hydroxyl groups is 2. The van der Waals surface area contributed by atoms with Crippen LogP contribution >= 0.6 is 0 Å². The lowest BCUT2D eigenvalue weighted by molar-refractivity contribution is -0.538. The molecule has 0 unspecified atom stereocenters. The number of quaternary nitrogens is 1. The Morgan fingerprint density at radius 3 is 1.49 bits per heavy atom. The van der Waals surface area contributed by atoms with E-state index in [1.807, 2.05) is 72.8 Å². The van der Waals surface area contributed by atoms with Crippen LogP contribution in [0.15, 0.2) is 216 Å². The standard InChI is InChI=1S/C62H48N8O8/c1-77-53-29-27-41(59(73)63-43-19-5-3-6-20-43)35-51(53)67-69-55-47-25-11-9-15-39(47)33-49(57(55)71)61(75)65-45-23-13-17-37(31-45)38-18-14-24-46(32-38)66-62(76)50-34-40-16-10-12-26-48(40)56(58(50)72)70-68-52-36-42(28-30-54(52)78-2)60(74)64-44-21-7-4-8-22-44/h3-36,67,69,71-72H,1-2H3,(H,63,73)(H,64,74)(H,65,75)(H,66,76)/p+1. The predicted octanol–water partition coefficient (Wildman–Crippen LogP) is 12.7. The summed E-state index contributed by atoms with van der Waals surface area (Å²) in [5, 5.41) is 46.4. The van der Waals surface area contributed by atoms with Crippen LogP contribution in [0.4, 0.5) is 45.5 Å². The van der Waals surface area contributed by atoms with Crippen LogP contribution in [0.3, 0.4) is 0 Å². The molecule has 0 heterocycles. The van der Waals surface area contributed by atoms with Crippen molar-refractivity contribution in [2.24, 2.45) is 10.2 Å². The van der Waals surface area contributed by atoms with E-state index in [2.05, 4.69) is 36.9 Å². The summed E-state index contributed by atoms with van der Waals surface area (Å²) in [4.78, 5) is 54.6. The highest BCUT2D eigenvalue weighted by Gasteiger charge is 2.23. The first kappa shape index (κ1) is 50.7. The second kappa shape index (κ2) is 22.7. The number of anilines is 5. The molecule has 10 rings (SSSR count). The quantitative estimate of drug-likeness (QED) is 0.0151. The fraction of sp³-hybridized carbons (Fsp3) is 0.0323. The van der Waals surface area contributed by atoms with E-state index >= 15 is 0 Å². The molecular weight excluding hydrogens is 985 g/mol. The number of azo groups is 1. The lowest BCUT2D eigenvalue weighted by atomic mass is 10.0. The van der Waals surface area contributed by atoms with Crippen LogP contribution in [-0.2, 0) is 0 Å². The monoisotopic (exact) mass is 1030 g/mol. The van der Waals surface area contributed by atoms with Crippen LogP contribution in [0.1, 0.15) is 41.4 Å². The van der Waals surface area contributed by atoms with Crippen molar-refractivity contribution < 1.29 is 44.3 Å². The molecule has 0 aliphatic carbocycles. The third-order valence-electron chi connectivity index (χ3n) is 12.7. The van der Waals surface area contributed by atoms with Crippen LogP contribution in [0.5, 0.6) is 23.0 Å². The number of fused-ring (bicyclic) bond motifs is 2. The fourth-order valence-electron chi connectivity index (χ4n) is 8.80. The molecule has 0 aliphatic rings. The second-order valence-corrected chi connectivity index (χ2v) is 17.8. The molecule has 10 aromatic carbocycles. The van der Waals surface area contributed by atoms with Crippen LogP contribution < -0.4 is 41.6 Å². The van der Waals surface area contributed by atoms with Gasteiger partial charge in [0.1, 0.15) is 22.8 Å². The zero-order valence-electron chi connectivity index (χ0n) is 41.9. The molecule has 4 amide bonds. The largest absolute Gasteiger partial charge is 0.505 e. The summed E-state index contributed by atoms with van der Waals surface area (Å²) in [6.07, 6.45) is 0. The molecule has 16 nitrogen and oxygen atoms in total. The topological polar surface area (TPSA) is 229 Å². The Labute approximate surface area is 447 Å². The SMILES string of the molecule is COc1ccc(C(=O)Nc2ccccc2)cc1N=Nc1c(O)c(C(=O)Nc2cccc(-c3cccc(NC(=O)c4cc5ccccc5c(N[NH2+]c5cc(C(=O)Nc6ccccc6)ccc5OC)c4O)c3)c2)cc2ccccc12. The van der Waals surface area contributed by atoms with Crippen molar-refractivity contribution in [1.29, 1.82) is 0 Å². The smallest absolute Gasteiger partial charge is 0.259 e. The van der Waals surface area contributed by atoms with Crippen molar-refractivity contribution >= 4 is 90.7 Å². The molecular formula is C62H49N8O8+. The minimum Gasteiger partial charge on any atom is -0.505 e. The molecule has 10 aromatic rings. The van der Waals surface area contributed by atoms with E-state index in [4.69, 9.17) is 9.47 Å². The van der Waals surface area contributed by atoms with E-state index in [0.29, 0.717) is 83.7 Å². The molecule has 0 saturated heterocycles. The highest BCUT2D eigenvalue weighted by molar-refractivity contribution is 6.14. The molecule has 0 aliphatic heterocycles. The van der Waals surface area contributed by atoms with Gasteiger partial charge in [-0.1, -0.05) is 109 Å². The average molecular weight is 1030 g/mol. The summed E-state index contributed by atoms with van der Waals surface area (Å²) in [5.41, 5.74) is 9.92. The summed E-state index contributed by atoms with van der Waals surface area (Å²) in [7, 11) is 2.98. The Balaban J connectivity index is 0.863. The number of hydrogen-bond donors (Lipinski definition) is 8. The van der Waals surface area contributed by atoms with Gasteiger partial charge in [-0.2, -0.15) is 0 Å². The average Bonchev–Trinajstić information content (AvgIpc) is 3.51. The van der Waals surface area contributed by atoms with E-state index in [-0.39, 0.29) is 45.8 Å². The number of benzene rings is 10. The zero-order chi connectivity index (χ0) is 54.1. The number of methoxy groups -OCH3 is 2. The summed E-state index contributed by atoms with van der Waals surface area (Å²) >= 11 is 0. The first-order valence-corrected chi connectivity index (χ1v) is 24.5. The van der Waals surface area contributed by atoms with Gasteiger partial charge in [-0.3, -0.25) is 19.2 Å². The van der Waals surface area contributed by atoms with Crippen molar-refractivity contribution in [3.05, 3.63) is 229 Å². The number of carbonyl (C=O) groups excluding carboxylic acids is 4. The van der Waals surface area contributed by atoms with E-state index in [0.717, 1.165) is 0 Å². The van der Waals surface area contributed by atoms with E-state index < -0.39 is 17.6 Å². The van der Waals surface area contributed by atoms with Gasteiger partial charge in [0, 0.05) is 50.7 Å². The number of amides is 4. The van der Waals surface area contributed by atoms with Gasteiger partial charge in [-0.25, -0.2) is 10.9 Å². The van der Waals surface area contributed by atoms with Crippen molar-refractivity contribution in [3.63, 3.8) is 0 Å². The molecule has 16 heteroatoms. The third-order valence-corrected chi connectivity index (χ3v) is 12.7. The number of nitrogens with two attached hydrogens (primary N) is 1. The maximum atomic E-state index is 14.1. The van der Waals surface area contributed by atoms with E-state index in [1.165, 1.54) is 20.3 Å². The van der Waals surface area contributed by atoms with Crippen LogP contribution in [0.25, 0.3) is 32.7 Å². The molecule has 0 spiro atoms. The fourth-order valence-corrected chi connectivity index (χ4v) is 8.80. The van der Waals surface area contributed by atoms with Gasteiger partial charge in [0.15, 0.2) is 22.9 Å². The molecule has 0 radical (unpaired) electrons. The normalized spacial score (nSPS) is 11.0. The van der Waals surface area contributed by atoms with Gasteiger partial charge < -0.3 is 41.0 Å². The van der Waals surface area contributed by atoms with Crippen molar-refractivity contribution in [1.82, 2.24) is 0 Å². The number of nitrogens with zero attached hydrogens (tertiary/aromatic N) is 2. The molecule has 0 atom stereocenters. The Morgan fingerprint density at radius 2 is 0.910 bits per heavy atom. The number of nitrogen functional groups attached to an aromatic ring is 1. The van der Waals surface area contributed by atoms with E-state index in [9.17, 15) is 29.4 Å². The Kier molecular flexibility index (Phi) is 14.8. The summed E-state index contributed by atoms with van der Waals surface area (Å²) < 4.78 is 11.1. The molecule has 0 fully saturated rings. The number of phenols is 2. The maximum absolute atomic E-state index is 14.1. The first-order chi connectivity index (χ1) is 38.0. The Morgan fingerprint density at radius 1 is 0.436 bits per heavy atom. The molecule has 384 valence electrons. The van der Waals surface area contributed by atoms with Gasteiger partial charge in [0.25, 0.3) is 23.6 Å². The molecule has 0 aromatic heterocycles. The lowest BCUT2D eigenvalue weighted by Crippen LogP contribution is -2.82. The van der Waals surface area contributed by atoms with Crippen LogP contribution in [-0.4, -0.2) is 48.1 Å². The molecule has 78 heavy (non-hydrogen) atoms. The Bertz CT molecular complexity index is 3970. The minimum atomic E-state index is -0.620. The van der Waals surface area contributed by atoms with Crippen molar-refractivity contribution in [3.8, 4) is 34.1 Å². The summed E-state index contributed by atoms with van der Waals surface area (Å²) in [5.74, 6) is -1.81. The van der Waals surface area contributed by atoms with Crippen molar-refractivity contribution in [2.45, 2.75) is 0 Å². The van der Waals surface area contributed by atoms with Gasteiger partial charge in [-0.05, 0) is 113 Å². The van der Waals surface area contributed by atoms with Gasteiger partial charge in [0.2, 0.25) is 0 Å². The van der Waals surface area contributed by atoms with Gasteiger partial charge in [-0.15, -0.1) is 10.2 Å². The molecule has 0 saturated carbocycles. The van der Waals surface area contributed by atoms with Crippen molar-refractivity contribution in [2.75, 3.05) is 40.9 Å². The number of ether oxygens (including phenoxy) is 2. The molecule has 9 N–H and O–H groups in total. The molecule has 0 bridgehead atoms. The predicted molar refractivity (Wildman–Crippen MR) is 303 cm³/mol. The number of para-hydroxylation sites is 2. The third kappa shape index (κ3) is 11.1.